The Morgan fingerprint density at radius 2 is 2.06 bits per heavy atom. The molecule has 1 unspecified atom stereocenters. The highest BCUT2D eigenvalue weighted by Gasteiger charge is 2.22. The number of aromatic nitrogens is 2. The molecular weight excluding hydrogens is 234 g/mol. The zero-order chi connectivity index (χ0) is 13.9. The first kappa shape index (κ1) is 14.4. The predicted octanol–water partition coefficient (Wildman–Crippen LogP) is 0.786. The Bertz CT molecular complexity index is 451. The van der Waals surface area contributed by atoms with Crippen LogP contribution in [0.1, 0.15) is 41.8 Å². The highest BCUT2D eigenvalue weighted by molar-refractivity contribution is 6.03. The fourth-order valence-corrected chi connectivity index (χ4v) is 1.59. The lowest BCUT2D eigenvalue weighted by molar-refractivity contribution is -0.128. The number of aryl methyl sites for hydroxylation is 2. The molecule has 0 aliphatic carbocycles. The Hall–Kier alpha value is -1.69. The second-order valence-corrected chi connectivity index (χ2v) is 4.44. The third-order valence-corrected chi connectivity index (χ3v) is 2.66. The van der Waals surface area contributed by atoms with Crippen molar-refractivity contribution >= 4 is 11.8 Å². The molecule has 18 heavy (non-hydrogen) atoms. The number of hydrogen-bond donors (Lipinski definition) is 2. The van der Waals surface area contributed by atoms with Gasteiger partial charge in [0.25, 0.3) is 5.91 Å². The molecule has 0 spiro atoms. The minimum absolute atomic E-state index is 0.141. The van der Waals surface area contributed by atoms with Gasteiger partial charge in [-0.05, 0) is 27.2 Å². The number of carbonyl (C=O) groups is 2. The lowest BCUT2D eigenvalue weighted by Crippen LogP contribution is -2.34. The molecule has 0 bridgehead atoms. The smallest absolute Gasteiger partial charge is 0.280 e. The van der Waals surface area contributed by atoms with Crippen molar-refractivity contribution in [2.24, 2.45) is 0 Å². The summed E-state index contributed by atoms with van der Waals surface area (Å²) in [6.45, 7) is 5.09. The van der Waals surface area contributed by atoms with Crippen molar-refractivity contribution in [3.8, 4) is 0 Å². The fourth-order valence-electron chi connectivity index (χ4n) is 1.59. The number of nitrogens with one attached hydrogen (secondary N) is 1. The van der Waals surface area contributed by atoms with E-state index < -0.39 is 12.0 Å². The highest BCUT2D eigenvalue weighted by Crippen LogP contribution is 2.09. The second kappa shape index (κ2) is 5.77. The Morgan fingerprint density at radius 3 is 2.50 bits per heavy atom. The van der Waals surface area contributed by atoms with Crippen molar-refractivity contribution < 1.29 is 14.7 Å². The molecule has 2 N–H and O–H groups in total. The van der Waals surface area contributed by atoms with Gasteiger partial charge in [0.15, 0.2) is 0 Å². The summed E-state index contributed by atoms with van der Waals surface area (Å²) in [7, 11) is 1.43. The number of rotatable bonds is 4. The molecule has 1 aromatic rings. The summed E-state index contributed by atoms with van der Waals surface area (Å²) in [6.07, 6.45) is -0.0657. The second-order valence-electron chi connectivity index (χ2n) is 4.44. The molecule has 0 aromatic carbocycles. The lowest BCUT2D eigenvalue weighted by atomic mass is 10.2. The Kier molecular flexibility index (Phi) is 4.61. The van der Waals surface area contributed by atoms with E-state index in [9.17, 15) is 9.59 Å². The Balaban J connectivity index is 2.72. The quantitative estimate of drug-likeness (QED) is 0.830. The van der Waals surface area contributed by atoms with E-state index in [-0.39, 0.29) is 18.0 Å². The van der Waals surface area contributed by atoms with Gasteiger partial charge < -0.3 is 10.1 Å². The average Bonchev–Trinajstić information content (AvgIpc) is 2.63. The summed E-state index contributed by atoms with van der Waals surface area (Å²) in [5.41, 5.74) is 0.910. The van der Waals surface area contributed by atoms with Gasteiger partial charge in [-0.1, -0.05) is 0 Å². The molecule has 2 amide bonds. The van der Waals surface area contributed by atoms with Crippen LogP contribution in [-0.4, -0.2) is 44.9 Å². The zero-order valence-electron chi connectivity index (χ0n) is 11.1. The average molecular weight is 253 g/mol. The maximum absolute atomic E-state index is 12.0. The topological polar surface area (TPSA) is 86.3 Å². The molecule has 1 heterocycles. The van der Waals surface area contributed by atoms with Gasteiger partial charge >= 0.3 is 0 Å². The van der Waals surface area contributed by atoms with Crippen molar-refractivity contribution in [3.63, 3.8) is 0 Å². The summed E-state index contributed by atoms with van der Waals surface area (Å²) in [4.78, 5) is 31.8. The van der Waals surface area contributed by atoms with Gasteiger partial charge in [0.1, 0.15) is 11.5 Å². The number of amides is 2. The summed E-state index contributed by atoms with van der Waals surface area (Å²) in [5, 5.41) is 9.11. The molecule has 0 aliphatic rings. The van der Waals surface area contributed by atoms with E-state index in [1.165, 1.54) is 7.05 Å². The number of aliphatic hydroxyl groups excluding tert-OH is 1. The van der Waals surface area contributed by atoms with Gasteiger partial charge in [0, 0.05) is 19.2 Å². The minimum atomic E-state index is -0.549. The number of nitrogens with zero attached hydrogens (tertiary/aromatic N) is 2. The standard InChI is InChI=1S/C12H19N3O3/c1-7(16)5-6-10(17)15(4)12(18)11-8(2)13-9(3)14-11/h7,16H,5-6H2,1-4H3,(H,13,14). The van der Waals surface area contributed by atoms with Crippen molar-refractivity contribution in [1.82, 2.24) is 14.9 Å². The monoisotopic (exact) mass is 253 g/mol. The Labute approximate surface area is 106 Å². The van der Waals surface area contributed by atoms with Crippen LogP contribution >= 0.6 is 0 Å². The SMILES string of the molecule is Cc1nc(C(=O)N(C)C(=O)CCC(C)O)c(C)[nH]1. The van der Waals surface area contributed by atoms with E-state index in [1.807, 2.05) is 0 Å². The first-order chi connectivity index (χ1) is 8.32. The van der Waals surface area contributed by atoms with Gasteiger partial charge in [0.2, 0.25) is 5.91 Å². The summed E-state index contributed by atoms with van der Waals surface area (Å²) in [5.74, 6) is -0.103. The van der Waals surface area contributed by atoms with E-state index in [1.54, 1.807) is 20.8 Å². The van der Waals surface area contributed by atoms with Crippen molar-refractivity contribution in [3.05, 3.63) is 17.2 Å². The number of imidazole rings is 1. The minimum Gasteiger partial charge on any atom is -0.393 e. The van der Waals surface area contributed by atoms with Crippen LogP contribution in [0.5, 0.6) is 0 Å². The maximum Gasteiger partial charge on any atom is 0.280 e. The fraction of sp³-hybridized carbons (Fsp3) is 0.583. The van der Waals surface area contributed by atoms with Crippen LogP contribution < -0.4 is 0 Å². The predicted molar refractivity (Wildman–Crippen MR) is 66.1 cm³/mol. The van der Waals surface area contributed by atoms with Crippen LogP contribution in [0.2, 0.25) is 0 Å². The van der Waals surface area contributed by atoms with Crippen LogP contribution in [0.3, 0.4) is 0 Å². The summed E-state index contributed by atoms with van der Waals surface area (Å²) >= 11 is 0. The first-order valence-electron chi connectivity index (χ1n) is 5.85. The molecule has 0 fully saturated rings. The maximum atomic E-state index is 12.0. The van der Waals surface area contributed by atoms with E-state index in [2.05, 4.69) is 9.97 Å². The van der Waals surface area contributed by atoms with Gasteiger partial charge in [-0.15, -0.1) is 0 Å². The van der Waals surface area contributed by atoms with Crippen LogP contribution in [0.4, 0.5) is 0 Å². The van der Waals surface area contributed by atoms with E-state index in [0.29, 0.717) is 17.9 Å². The number of hydrogen-bond acceptors (Lipinski definition) is 4. The Morgan fingerprint density at radius 1 is 1.44 bits per heavy atom. The normalized spacial score (nSPS) is 12.3. The molecule has 0 saturated heterocycles. The molecule has 0 saturated carbocycles. The van der Waals surface area contributed by atoms with Gasteiger partial charge in [-0.25, -0.2) is 4.98 Å². The van der Waals surface area contributed by atoms with Crippen LogP contribution in [0, 0.1) is 13.8 Å². The van der Waals surface area contributed by atoms with E-state index >= 15 is 0 Å². The molecule has 6 nitrogen and oxygen atoms in total. The van der Waals surface area contributed by atoms with Crippen molar-refractivity contribution in [2.45, 2.75) is 39.7 Å². The zero-order valence-corrected chi connectivity index (χ0v) is 11.1. The number of aliphatic hydroxyl groups is 1. The molecular formula is C12H19N3O3. The third-order valence-electron chi connectivity index (χ3n) is 2.66. The number of aromatic amines is 1. The molecule has 1 atom stereocenters. The van der Waals surface area contributed by atoms with Crippen LogP contribution in [0.25, 0.3) is 0 Å². The van der Waals surface area contributed by atoms with Crippen molar-refractivity contribution in [1.29, 1.82) is 0 Å². The van der Waals surface area contributed by atoms with Crippen LogP contribution in [-0.2, 0) is 4.79 Å². The summed E-state index contributed by atoms with van der Waals surface area (Å²) < 4.78 is 0. The third kappa shape index (κ3) is 3.40. The summed E-state index contributed by atoms with van der Waals surface area (Å²) in [6, 6.07) is 0. The molecule has 1 rings (SSSR count). The van der Waals surface area contributed by atoms with Gasteiger partial charge in [0.05, 0.1) is 6.10 Å². The van der Waals surface area contributed by atoms with Crippen molar-refractivity contribution in [2.75, 3.05) is 7.05 Å². The molecule has 100 valence electrons. The molecule has 1 aromatic heterocycles. The van der Waals surface area contributed by atoms with Gasteiger partial charge in [-0.3, -0.25) is 14.5 Å². The first-order valence-corrected chi connectivity index (χ1v) is 5.85. The van der Waals surface area contributed by atoms with Crippen LogP contribution in [0.15, 0.2) is 0 Å². The van der Waals surface area contributed by atoms with Gasteiger partial charge in [-0.2, -0.15) is 0 Å². The number of carbonyl (C=O) groups excluding carboxylic acids is 2. The highest BCUT2D eigenvalue weighted by atomic mass is 16.3. The molecule has 0 aliphatic heterocycles. The largest absolute Gasteiger partial charge is 0.393 e. The molecule has 6 heteroatoms. The lowest BCUT2D eigenvalue weighted by Gasteiger charge is -2.15. The number of H-pyrrole nitrogens is 1. The van der Waals surface area contributed by atoms with E-state index in [0.717, 1.165) is 4.90 Å². The van der Waals surface area contributed by atoms with E-state index in [4.69, 9.17) is 5.11 Å². The number of imide groups is 1. The molecule has 0 radical (unpaired) electrons.